The Morgan fingerprint density at radius 1 is 1.29 bits per heavy atom. The highest BCUT2D eigenvalue weighted by molar-refractivity contribution is 5.75. The number of aromatic amines is 1. The summed E-state index contributed by atoms with van der Waals surface area (Å²) in [6, 6.07) is 6.41. The van der Waals surface area contributed by atoms with Crippen LogP contribution in [-0.4, -0.2) is 33.1 Å². The number of H-pyrrole nitrogens is 1. The van der Waals surface area contributed by atoms with E-state index >= 15 is 0 Å². The summed E-state index contributed by atoms with van der Waals surface area (Å²) < 4.78 is 5.30. The zero-order valence-electron chi connectivity index (χ0n) is 14.6. The normalized spacial score (nSPS) is 19.2. The van der Waals surface area contributed by atoms with Crippen molar-refractivity contribution < 1.29 is 4.52 Å². The van der Waals surface area contributed by atoms with Gasteiger partial charge in [0.15, 0.2) is 0 Å². The van der Waals surface area contributed by atoms with Gasteiger partial charge in [0.1, 0.15) is 11.6 Å². The number of hydrogen-bond donors (Lipinski definition) is 1. The van der Waals surface area contributed by atoms with Gasteiger partial charge in [0.05, 0.1) is 16.7 Å². The Hall–Kier alpha value is -2.14. The number of aromatic nitrogens is 3. The second-order valence-corrected chi connectivity index (χ2v) is 7.02. The molecule has 1 aliphatic rings. The molecule has 5 nitrogen and oxygen atoms in total. The van der Waals surface area contributed by atoms with Crippen LogP contribution in [0.4, 0.5) is 0 Å². The average Bonchev–Trinajstić information content (AvgIpc) is 3.13. The number of likely N-dealkylation sites (tertiary alicyclic amines) is 1. The molecule has 3 heterocycles. The number of imidazole rings is 1. The largest absolute Gasteiger partial charge is 0.361 e. The maximum atomic E-state index is 5.30. The number of benzene rings is 1. The van der Waals surface area contributed by atoms with Crippen LogP contribution in [0, 0.1) is 20.8 Å². The molecule has 1 aromatic carbocycles. The molecule has 0 bridgehead atoms. The first-order valence-corrected chi connectivity index (χ1v) is 8.70. The summed E-state index contributed by atoms with van der Waals surface area (Å²) in [6.07, 6.45) is 2.39. The highest BCUT2D eigenvalue weighted by Gasteiger charge is 2.25. The van der Waals surface area contributed by atoms with Gasteiger partial charge in [-0.1, -0.05) is 11.2 Å². The molecule has 0 aliphatic carbocycles. The molecule has 126 valence electrons. The van der Waals surface area contributed by atoms with Crippen LogP contribution < -0.4 is 0 Å². The van der Waals surface area contributed by atoms with Crippen molar-refractivity contribution in [1.29, 1.82) is 0 Å². The number of hydrogen-bond acceptors (Lipinski definition) is 4. The zero-order valence-corrected chi connectivity index (χ0v) is 14.6. The lowest BCUT2D eigenvalue weighted by molar-refractivity contribution is 0.196. The number of nitrogens with one attached hydrogen (secondary N) is 1. The summed E-state index contributed by atoms with van der Waals surface area (Å²) >= 11 is 0. The number of rotatable bonds is 3. The lowest BCUT2D eigenvalue weighted by Crippen LogP contribution is -2.34. The molecule has 1 N–H and O–H groups in total. The van der Waals surface area contributed by atoms with E-state index in [1.165, 1.54) is 24.0 Å². The lowest BCUT2D eigenvalue weighted by Gasteiger charge is -2.31. The molecule has 0 amide bonds. The fraction of sp³-hybridized carbons (Fsp3) is 0.474. The van der Waals surface area contributed by atoms with Crippen molar-refractivity contribution >= 4 is 11.0 Å². The van der Waals surface area contributed by atoms with Crippen molar-refractivity contribution in [3.05, 3.63) is 46.6 Å². The van der Waals surface area contributed by atoms with E-state index in [0.717, 1.165) is 47.9 Å². The molecular weight excluding hydrogens is 300 g/mol. The van der Waals surface area contributed by atoms with Gasteiger partial charge in [-0.15, -0.1) is 0 Å². The minimum atomic E-state index is 0.465. The van der Waals surface area contributed by atoms with Crippen molar-refractivity contribution in [1.82, 2.24) is 20.0 Å². The van der Waals surface area contributed by atoms with Crippen LogP contribution in [-0.2, 0) is 6.54 Å². The van der Waals surface area contributed by atoms with Gasteiger partial charge in [-0.05, 0) is 57.9 Å². The molecule has 24 heavy (non-hydrogen) atoms. The summed E-state index contributed by atoms with van der Waals surface area (Å²) in [5.74, 6) is 2.53. The van der Waals surface area contributed by atoms with Gasteiger partial charge in [0, 0.05) is 24.6 Å². The van der Waals surface area contributed by atoms with Crippen LogP contribution in [0.1, 0.15) is 47.2 Å². The molecule has 4 rings (SSSR count). The van der Waals surface area contributed by atoms with Crippen LogP contribution in [0.15, 0.2) is 22.7 Å². The topological polar surface area (TPSA) is 58.0 Å². The molecule has 2 aromatic heterocycles. The highest BCUT2D eigenvalue weighted by Crippen LogP contribution is 2.28. The predicted molar refractivity (Wildman–Crippen MR) is 94.1 cm³/mol. The Kier molecular flexibility index (Phi) is 3.88. The Morgan fingerprint density at radius 3 is 2.96 bits per heavy atom. The van der Waals surface area contributed by atoms with Crippen molar-refractivity contribution in [3.8, 4) is 0 Å². The first-order valence-electron chi connectivity index (χ1n) is 8.70. The molecule has 1 atom stereocenters. The number of piperidine rings is 1. The van der Waals surface area contributed by atoms with E-state index in [2.05, 4.69) is 40.2 Å². The lowest BCUT2D eigenvalue weighted by atomic mass is 9.97. The van der Waals surface area contributed by atoms with Gasteiger partial charge in [-0.2, -0.15) is 0 Å². The van der Waals surface area contributed by atoms with E-state index in [-0.39, 0.29) is 0 Å². The van der Waals surface area contributed by atoms with E-state index in [1.54, 1.807) is 0 Å². The van der Waals surface area contributed by atoms with E-state index in [0.29, 0.717) is 5.92 Å². The van der Waals surface area contributed by atoms with Crippen LogP contribution in [0.3, 0.4) is 0 Å². The van der Waals surface area contributed by atoms with Gasteiger partial charge in [-0.25, -0.2) is 4.98 Å². The molecule has 1 unspecified atom stereocenters. The quantitative estimate of drug-likeness (QED) is 0.795. The standard InChI is InChI=1S/C19H24N4O/c1-12-6-7-17-18(9-12)21-19(20-17)15-5-4-8-23(10-15)11-16-13(2)22-24-14(16)3/h6-7,9,15H,4-5,8,10-11H2,1-3H3,(H,20,21). The maximum Gasteiger partial charge on any atom is 0.138 e. The van der Waals surface area contributed by atoms with Crippen molar-refractivity contribution in [2.75, 3.05) is 13.1 Å². The van der Waals surface area contributed by atoms with Crippen LogP contribution in [0.2, 0.25) is 0 Å². The third-order valence-corrected chi connectivity index (χ3v) is 5.11. The molecule has 1 aliphatic heterocycles. The average molecular weight is 324 g/mol. The monoisotopic (exact) mass is 324 g/mol. The molecule has 1 fully saturated rings. The predicted octanol–water partition coefficient (Wildman–Crippen LogP) is 3.86. The summed E-state index contributed by atoms with van der Waals surface area (Å²) in [6.45, 7) is 9.21. The van der Waals surface area contributed by atoms with Crippen molar-refractivity contribution in [2.45, 2.75) is 46.1 Å². The van der Waals surface area contributed by atoms with Gasteiger partial charge < -0.3 is 9.51 Å². The summed E-state index contributed by atoms with van der Waals surface area (Å²) in [7, 11) is 0. The van der Waals surface area contributed by atoms with Crippen LogP contribution in [0.5, 0.6) is 0 Å². The SMILES string of the molecule is Cc1ccc2nc(C3CCCN(Cc4c(C)noc4C)C3)[nH]c2c1. The summed E-state index contributed by atoms with van der Waals surface area (Å²) in [5.41, 5.74) is 5.72. The number of nitrogens with zero attached hydrogens (tertiary/aromatic N) is 3. The third-order valence-electron chi connectivity index (χ3n) is 5.11. The maximum absolute atomic E-state index is 5.30. The Bertz CT molecular complexity index is 844. The van der Waals surface area contributed by atoms with E-state index in [1.807, 2.05) is 13.8 Å². The Morgan fingerprint density at radius 2 is 2.17 bits per heavy atom. The first-order chi connectivity index (χ1) is 11.6. The molecule has 3 aromatic rings. The van der Waals surface area contributed by atoms with Gasteiger partial charge in [-0.3, -0.25) is 4.90 Å². The van der Waals surface area contributed by atoms with Crippen LogP contribution >= 0.6 is 0 Å². The van der Waals surface area contributed by atoms with E-state index < -0.39 is 0 Å². The smallest absolute Gasteiger partial charge is 0.138 e. The summed E-state index contributed by atoms with van der Waals surface area (Å²) in [5, 5.41) is 4.08. The Labute approximate surface area is 142 Å². The molecule has 0 radical (unpaired) electrons. The van der Waals surface area contributed by atoms with Crippen molar-refractivity contribution in [2.24, 2.45) is 0 Å². The second-order valence-electron chi connectivity index (χ2n) is 7.02. The molecule has 0 saturated carbocycles. The third kappa shape index (κ3) is 2.84. The van der Waals surface area contributed by atoms with E-state index in [4.69, 9.17) is 9.51 Å². The molecular formula is C19H24N4O. The van der Waals surface area contributed by atoms with E-state index in [9.17, 15) is 0 Å². The minimum absolute atomic E-state index is 0.465. The number of aryl methyl sites for hydroxylation is 3. The van der Waals surface area contributed by atoms with Gasteiger partial charge >= 0.3 is 0 Å². The van der Waals surface area contributed by atoms with Crippen molar-refractivity contribution in [3.63, 3.8) is 0 Å². The van der Waals surface area contributed by atoms with Gasteiger partial charge in [0.2, 0.25) is 0 Å². The zero-order chi connectivity index (χ0) is 16.7. The number of fused-ring (bicyclic) bond motifs is 1. The first kappa shape index (κ1) is 15.4. The van der Waals surface area contributed by atoms with Crippen LogP contribution in [0.25, 0.3) is 11.0 Å². The fourth-order valence-corrected chi connectivity index (χ4v) is 3.71. The summed E-state index contributed by atoms with van der Waals surface area (Å²) in [4.78, 5) is 10.9. The molecule has 5 heteroatoms. The molecule has 1 saturated heterocycles. The second kappa shape index (κ2) is 6.06. The molecule has 0 spiro atoms. The minimum Gasteiger partial charge on any atom is -0.361 e. The highest BCUT2D eigenvalue weighted by atomic mass is 16.5. The Balaban J connectivity index is 1.53. The van der Waals surface area contributed by atoms with Gasteiger partial charge in [0.25, 0.3) is 0 Å². The fourth-order valence-electron chi connectivity index (χ4n) is 3.71.